The lowest BCUT2D eigenvalue weighted by Gasteiger charge is -2.52. The van der Waals surface area contributed by atoms with Gasteiger partial charge in [-0.25, -0.2) is 0 Å². The number of benzene rings is 4. The Balaban J connectivity index is 1.64. The largest absolute Gasteiger partial charge is 0.145 e. The second-order valence-electron chi connectivity index (χ2n) is 17.1. The Morgan fingerprint density at radius 1 is 0.434 bits per heavy atom. The summed E-state index contributed by atoms with van der Waals surface area (Å²) in [5.74, 6) is 0.978. The SMILES string of the molecule is CCC(C)[Si](C(C)CC)(C1C=C([Si](C)(c2ccccc2)c2ccccc2)C=C1C(C)C)C1C=C([Si](C)(c2ccccc2)c2ccccc2)C=C1C(C)C. The predicted molar refractivity (Wildman–Crippen MR) is 242 cm³/mol. The van der Waals surface area contributed by atoms with Crippen molar-refractivity contribution in [3.05, 3.63) is 167 Å². The lowest BCUT2D eigenvalue weighted by atomic mass is 10.0. The summed E-state index contributed by atoms with van der Waals surface area (Å²) in [5.41, 5.74) is 5.70. The van der Waals surface area contributed by atoms with Crippen LogP contribution in [-0.2, 0) is 0 Å². The molecular formula is C50H64Si3. The summed E-state index contributed by atoms with van der Waals surface area (Å²) in [6, 6.07) is 46.1. The highest BCUT2D eigenvalue weighted by Crippen LogP contribution is 2.62. The van der Waals surface area contributed by atoms with Crippen LogP contribution in [0.15, 0.2) is 167 Å². The zero-order chi connectivity index (χ0) is 38.0. The van der Waals surface area contributed by atoms with Crippen LogP contribution in [0.4, 0.5) is 0 Å². The van der Waals surface area contributed by atoms with Gasteiger partial charge in [-0.15, -0.1) is 0 Å². The van der Waals surface area contributed by atoms with Gasteiger partial charge in [0.25, 0.3) is 0 Å². The van der Waals surface area contributed by atoms with Crippen LogP contribution in [0.2, 0.25) is 35.3 Å². The molecule has 0 nitrogen and oxygen atoms in total. The summed E-state index contributed by atoms with van der Waals surface area (Å²) in [5, 5.41) is 9.28. The van der Waals surface area contributed by atoms with Crippen LogP contribution in [0.5, 0.6) is 0 Å². The van der Waals surface area contributed by atoms with E-state index in [-0.39, 0.29) is 0 Å². The van der Waals surface area contributed by atoms with Crippen molar-refractivity contribution in [2.75, 3.05) is 0 Å². The van der Waals surface area contributed by atoms with E-state index in [4.69, 9.17) is 0 Å². The molecule has 4 atom stereocenters. The van der Waals surface area contributed by atoms with Crippen LogP contribution >= 0.6 is 0 Å². The third-order valence-corrected chi connectivity index (χ3v) is 30.2. The highest BCUT2D eigenvalue weighted by Gasteiger charge is 2.58. The minimum atomic E-state index is -2.29. The van der Waals surface area contributed by atoms with Gasteiger partial charge in [-0.1, -0.05) is 248 Å². The molecule has 53 heavy (non-hydrogen) atoms. The van der Waals surface area contributed by atoms with Gasteiger partial charge in [-0.05, 0) is 54.7 Å². The van der Waals surface area contributed by atoms with Gasteiger partial charge in [-0.2, -0.15) is 0 Å². The first kappa shape index (κ1) is 39.2. The fraction of sp³-hybridized carbons (Fsp3) is 0.360. The van der Waals surface area contributed by atoms with E-state index in [2.05, 4.69) is 214 Å². The maximum Gasteiger partial charge on any atom is 0.145 e. The summed E-state index contributed by atoms with van der Waals surface area (Å²) in [6.07, 6.45) is 13.8. The maximum atomic E-state index is 2.90. The molecule has 0 spiro atoms. The fourth-order valence-electron chi connectivity index (χ4n) is 10.4. The van der Waals surface area contributed by atoms with E-state index in [1.807, 2.05) is 0 Å². The van der Waals surface area contributed by atoms with Crippen molar-refractivity contribution in [2.45, 2.75) is 103 Å². The normalized spacial score (nSPS) is 20.1. The second kappa shape index (κ2) is 16.1. The maximum absolute atomic E-state index is 2.90. The molecule has 0 amide bonds. The van der Waals surface area contributed by atoms with Crippen molar-refractivity contribution >= 4 is 45.0 Å². The first-order chi connectivity index (χ1) is 25.4. The van der Waals surface area contributed by atoms with E-state index in [0.29, 0.717) is 34.0 Å². The Hall–Kier alpha value is -3.51. The number of hydrogen-bond donors (Lipinski definition) is 0. The lowest BCUT2D eigenvalue weighted by Crippen LogP contribution is -2.57. The van der Waals surface area contributed by atoms with Gasteiger partial charge in [0.15, 0.2) is 0 Å². The minimum absolute atomic E-state index is 0.489. The van der Waals surface area contributed by atoms with Crippen LogP contribution in [0.3, 0.4) is 0 Å². The quantitative estimate of drug-likeness (QED) is 0.113. The monoisotopic (exact) mass is 748 g/mol. The molecule has 2 aliphatic rings. The molecule has 0 aliphatic heterocycles. The predicted octanol–water partition coefficient (Wildman–Crippen LogP) is 11.7. The molecular weight excluding hydrogens is 685 g/mol. The average molecular weight is 749 g/mol. The molecule has 0 saturated heterocycles. The van der Waals surface area contributed by atoms with Gasteiger partial charge in [0.2, 0.25) is 0 Å². The standard InChI is InChI=1S/C50H64Si3/c1-11-39(7)53(40(8)12-2,49-35-45(33-47(49)37(3)4)51(9,41-25-17-13-18-26-41)42-27-19-14-20-28-42)50-36-46(34-48(50)38(5)6)52(10,43-29-21-15-22-30-43)44-31-23-16-24-32-44/h13-40,49-50H,11-12H2,1-10H3. The van der Waals surface area contributed by atoms with Crippen LogP contribution in [0, 0.1) is 11.8 Å². The molecule has 276 valence electrons. The van der Waals surface area contributed by atoms with Crippen molar-refractivity contribution in [3.63, 3.8) is 0 Å². The van der Waals surface area contributed by atoms with Crippen molar-refractivity contribution in [1.29, 1.82) is 0 Å². The van der Waals surface area contributed by atoms with Crippen LogP contribution in [-0.4, -0.2) is 24.2 Å². The van der Waals surface area contributed by atoms with Crippen LogP contribution in [0.1, 0.15) is 68.2 Å². The molecule has 4 aromatic rings. The fourth-order valence-corrected chi connectivity index (χ4v) is 26.3. The zero-order valence-electron chi connectivity index (χ0n) is 34.2. The Morgan fingerprint density at radius 3 is 0.925 bits per heavy atom. The highest BCUT2D eigenvalue weighted by atomic mass is 28.3. The highest BCUT2D eigenvalue weighted by molar-refractivity contribution is 7.08. The van der Waals surface area contributed by atoms with Gasteiger partial charge < -0.3 is 0 Å². The topological polar surface area (TPSA) is 0 Å². The van der Waals surface area contributed by atoms with Crippen molar-refractivity contribution in [1.82, 2.24) is 0 Å². The van der Waals surface area contributed by atoms with Gasteiger partial charge in [0, 0.05) is 0 Å². The van der Waals surface area contributed by atoms with Gasteiger partial charge in [-0.3, -0.25) is 0 Å². The number of allylic oxidation sites excluding steroid dienone is 8. The molecule has 6 rings (SSSR count). The third-order valence-electron chi connectivity index (χ3n) is 14.0. The molecule has 0 saturated carbocycles. The first-order valence-electron chi connectivity index (χ1n) is 20.5. The van der Waals surface area contributed by atoms with E-state index in [0.717, 1.165) is 0 Å². The molecule has 0 N–H and O–H groups in total. The molecule has 3 heteroatoms. The summed E-state index contributed by atoms with van der Waals surface area (Å²) >= 11 is 0. The molecule has 0 aromatic heterocycles. The molecule has 0 fully saturated rings. The minimum Gasteiger partial charge on any atom is -0.0799 e. The van der Waals surface area contributed by atoms with Gasteiger partial charge >= 0.3 is 0 Å². The lowest BCUT2D eigenvalue weighted by molar-refractivity contribution is 0.662. The Kier molecular flexibility index (Phi) is 11.9. The number of rotatable bonds is 14. The molecule has 4 unspecified atom stereocenters. The first-order valence-corrected chi connectivity index (χ1v) is 27.9. The van der Waals surface area contributed by atoms with Gasteiger partial charge in [0.05, 0.1) is 8.07 Å². The average Bonchev–Trinajstić information content (AvgIpc) is 3.86. The van der Waals surface area contributed by atoms with E-state index in [1.165, 1.54) is 33.6 Å². The number of hydrogen-bond acceptors (Lipinski definition) is 0. The Morgan fingerprint density at radius 2 is 0.698 bits per heavy atom. The van der Waals surface area contributed by atoms with Crippen LogP contribution < -0.4 is 20.7 Å². The Labute approximate surface area is 325 Å². The van der Waals surface area contributed by atoms with E-state index in [9.17, 15) is 0 Å². The zero-order valence-corrected chi connectivity index (χ0v) is 37.2. The summed E-state index contributed by atoms with van der Waals surface area (Å²) in [4.78, 5) is 0. The molecule has 0 radical (unpaired) electrons. The van der Waals surface area contributed by atoms with E-state index < -0.39 is 24.2 Å². The van der Waals surface area contributed by atoms with Gasteiger partial charge in [0.1, 0.15) is 16.1 Å². The van der Waals surface area contributed by atoms with Crippen molar-refractivity contribution in [3.8, 4) is 0 Å². The summed E-state index contributed by atoms with van der Waals surface area (Å²) in [7, 11) is -6.86. The molecule has 4 aromatic carbocycles. The second-order valence-corrected chi connectivity index (χ2v) is 30.3. The van der Waals surface area contributed by atoms with Crippen molar-refractivity contribution < 1.29 is 0 Å². The molecule has 2 aliphatic carbocycles. The van der Waals surface area contributed by atoms with E-state index >= 15 is 0 Å². The summed E-state index contributed by atoms with van der Waals surface area (Å²) < 4.78 is 0. The van der Waals surface area contributed by atoms with E-state index in [1.54, 1.807) is 21.5 Å². The van der Waals surface area contributed by atoms with Crippen LogP contribution in [0.25, 0.3) is 0 Å². The van der Waals surface area contributed by atoms with Crippen molar-refractivity contribution in [2.24, 2.45) is 11.8 Å². The third kappa shape index (κ3) is 6.76. The Bertz CT molecular complexity index is 1730. The molecule has 0 bridgehead atoms. The smallest absolute Gasteiger partial charge is 0.0799 e. The molecule has 0 heterocycles. The summed E-state index contributed by atoms with van der Waals surface area (Å²) in [6.45, 7) is 25.5.